The van der Waals surface area contributed by atoms with E-state index in [2.05, 4.69) is 4.98 Å². The Bertz CT molecular complexity index is 824. The Morgan fingerprint density at radius 3 is 2.52 bits per heavy atom. The van der Waals surface area contributed by atoms with E-state index in [1.54, 1.807) is 12.1 Å². The Hall–Kier alpha value is -2.62. The number of hydrogen-bond acceptors (Lipinski definition) is 2. The van der Waals surface area contributed by atoms with Crippen LogP contribution in [-0.2, 0) is 0 Å². The minimum Gasteiger partial charge on any atom is -0.337 e. The molecular weight excluding hydrogens is 267 g/mol. The number of aromatic amines is 1. The summed E-state index contributed by atoms with van der Waals surface area (Å²) in [6.07, 6.45) is 0. The van der Waals surface area contributed by atoms with E-state index < -0.39 is 0 Å². The van der Waals surface area contributed by atoms with Crippen LogP contribution in [0.4, 0.5) is 15.8 Å². The molecule has 2 aromatic carbocycles. The number of anilines is 2. The number of pyridine rings is 1. The molecule has 21 heavy (non-hydrogen) atoms. The smallest absolute Gasteiger partial charge is 0.272 e. The van der Waals surface area contributed by atoms with Gasteiger partial charge >= 0.3 is 0 Å². The van der Waals surface area contributed by atoms with Crippen LogP contribution in [0.25, 0.3) is 10.9 Å². The van der Waals surface area contributed by atoms with Crippen LogP contribution in [0.3, 0.4) is 0 Å². The molecule has 1 N–H and O–H groups in total. The van der Waals surface area contributed by atoms with Gasteiger partial charge in [-0.1, -0.05) is 18.2 Å². The number of halogens is 1. The van der Waals surface area contributed by atoms with Gasteiger partial charge in [0.05, 0.1) is 0 Å². The number of fused-ring (bicyclic) bond motifs is 1. The first-order valence-electron chi connectivity index (χ1n) is 6.84. The van der Waals surface area contributed by atoms with Gasteiger partial charge in [0.1, 0.15) is 11.5 Å². The Balaban J connectivity index is 2.14. The Morgan fingerprint density at radius 2 is 1.81 bits per heavy atom. The lowest BCUT2D eigenvalue weighted by atomic mass is 10.2. The van der Waals surface area contributed by atoms with Crippen molar-refractivity contribution < 1.29 is 4.39 Å². The highest BCUT2D eigenvalue weighted by molar-refractivity contribution is 5.82. The van der Waals surface area contributed by atoms with Crippen molar-refractivity contribution >= 4 is 22.3 Å². The zero-order valence-corrected chi connectivity index (χ0v) is 11.6. The van der Waals surface area contributed by atoms with Crippen LogP contribution in [0.2, 0.25) is 0 Å². The third-order valence-corrected chi connectivity index (χ3v) is 3.48. The zero-order chi connectivity index (χ0) is 14.8. The maximum Gasteiger partial charge on any atom is 0.272 e. The van der Waals surface area contributed by atoms with Crippen molar-refractivity contribution in [3.8, 4) is 0 Å². The molecule has 0 amide bonds. The molecule has 4 heteroatoms. The first-order chi connectivity index (χ1) is 10.2. The van der Waals surface area contributed by atoms with Gasteiger partial charge < -0.3 is 9.88 Å². The lowest BCUT2D eigenvalue weighted by Gasteiger charge is -2.22. The van der Waals surface area contributed by atoms with Gasteiger partial charge in [0, 0.05) is 23.1 Å². The van der Waals surface area contributed by atoms with Crippen molar-refractivity contribution in [1.29, 1.82) is 0 Å². The largest absolute Gasteiger partial charge is 0.337 e. The van der Waals surface area contributed by atoms with Gasteiger partial charge in [0.2, 0.25) is 0 Å². The number of nitrogens with one attached hydrogen (secondary N) is 1. The highest BCUT2D eigenvalue weighted by Gasteiger charge is 2.12. The summed E-state index contributed by atoms with van der Waals surface area (Å²) in [7, 11) is 0. The first-order valence-corrected chi connectivity index (χ1v) is 6.84. The van der Waals surface area contributed by atoms with Crippen molar-refractivity contribution in [1.82, 2.24) is 4.98 Å². The van der Waals surface area contributed by atoms with E-state index >= 15 is 0 Å². The van der Waals surface area contributed by atoms with Gasteiger partial charge in [-0.2, -0.15) is 0 Å². The molecule has 3 aromatic rings. The molecule has 106 valence electrons. The molecule has 0 fully saturated rings. The minimum atomic E-state index is -0.290. The van der Waals surface area contributed by atoms with Gasteiger partial charge in [0.25, 0.3) is 5.56 Å². The number of aromatic nitrogens is 1. The van der Waals surface area contributed by atoms with E-state index in [1.165, 1.54) is 12.1 Å². The second kappa shape index (κ2) is 5.40. The van der Waals surface area contributed by atoms with Crippen LogP contribution in [0.5, 0.6) is 0 Å². The van der Waals surface area contributed by atoms with Crippen LogP contribution in [0.1, 0.15) is 6.92 Å². The van der Waals surface area contributed by atoms with E-state index in [-0.39, 0.29) is 11.4 Å². The molecule has 0 unspecified atom stereocenters. The van der Waals surface area contributed by atoms with Gasteiger partial charge in [-0.05, 0) is 43.3 Å². The molecule has 0 bridgehead atoms. The molecule has 0 atom stereocenters. The van der Waals surface area contributed by atoms with Crippen LogP contribution in [-0.4, -0.2) is 11.5 Å². The van der Waals surface area contributed by atoms with Crippen LogP contribution >= 0.6 is 0 Å². The van der Waals surface area contributed by atoms with E-state index in [1.807, 2.05) is 42.2 Å². The number of para-hydroxylation sites is 1. The standard InChI is InChI=1S/C17H15FN2O/c1-2-20(14-9-7-13(18)8-10-14)16-11-12-5-3-4-6-15(12)19-17(16)21/h3-11H,2H2,1H3,(H,19,21). The zero-order valence-electron chi connectivity index (χ0n) is 11.6. The van der Waals surface area contributed by atoms with Gasteiger partial charge in [-0.25, -0.2) is 4.39 Å². The SMILES string of the molecule is CCN(c1ccc(F)cc1)c1cc2ccccc2[nH]c1=O. The van der Waals surface area contributed by atoms with Crippen LogP contribution in [0.15, 0.2) is 59.4 Å². The van der Waals surface area contributed by atoms with Crippen molar-refractivity contribution in [2.75, 3.05) is 11.4 Å². The highest BCUT2D eigenvalue weighted by Crippen LogP contribution is 2.24. The predicted molar refractivity (Wildman–Crippen MR) is 83.6 cm³/mol. The lowest BCUT2D eigenvalue weighted by Crippen LogP contribution is -2.24. The molecule has 3 rings (SSSR count). The second-order valence-electron chi connectivity index (χ2n) is 4.79. The summed E-state index contributed by atoms with van der Waals surface area (Å²) < 4.78 is 13.1. The number of benzene rings is 2. The number of nitrogens with zero attached hydrogens (tertiary/aromatic N) is 1. The van der Waals surface area contributed by atoms with Gasteiger partial charge in [0.15, 0.2) is 0 Å². The summed E-state index contributed by atoms with van der Waals surface area (Å²) >= 11 is 0. The lowest BCUT2D eigenvalue weighted by molar-refractivity contribution is 0.628. The summed E-state index contributed by atoms with van der Waals surface area (Å²) in [5.41, 5.74) is 2.00. The molecule has 0 spiro atoms. The molecular formula is C17H15FN2O. The Morgan fingerprint density at radius 1 is 1.10 bits per heavy atom. The topological polar surface area (TPSA) is 36.1 Å². The van der Waals surface area contributed by atoms with Crippen molar-refractivity contribution in [3.05, 3.63) is 70.8 Å². The molecule has 1 aromatic heterocycles. The van der Waals surface area contributed by atoms with E-state index in [0.29, 0.717) is 12.2 Å². The normalized spacial score (nSPS) is 10.8. The number of H-pyrrole nitrogens is 1. The van der Waals surface area contributed by atoms with Gasteiger partial charge in [-0.15, -0.1) is 0 Å². The first kappa shape index (κ1) is 13.4. The number of rotatable bonds is 3. The average Bonchev–Trinajstić information content (AvgIpc) is 2.50. The second-order valence-corrected chi connectivity index (χ2v) is 4.79. The van der Waals surface area contributed by atoms with Crippen LogP contribution in [0, 0.1) is 5.82 Å². The minimum absolute atomic E-state index is 0.153. The van der Waals surface area contributed by atoms with Crippen molar-refractivity contribution in [2.24, 2.45) is 0 Å². The molecule has 0 aliphatic rings. The fourth-order valence-corrected chi connectivity index (χ4v) is 2.45. The molecule has 0 radical (unpaired) electrons. The van der Waals surface area contributed by atoms with E-state index in [9.17, 15) is 9.18 Å². The predicted octanol–water partition coefficient (Wildman–Crippen LogP) is 3.83. The molecule has 0 saturated carbocycles. The summed E-state index contributed by atoms with van der Waals surface area (Å²) in [4.78, 5) is 17.1. The quantitative estimate of drug-likeness (QED) is 0.792. The highest BCUT2D eigenvalue weighted by atomic mass is 19.1. The van der Waals surface area contributed by atoms with Gasteiger partial charge in [-0.3, -0.25) is 4.79 Å². The molecule has 3 nitrogen and oxygen atoms in total. The Kier molecular flexibility index (Phi) is 3.44. The van der Waals surface area contributed by atoms with Crippen LogP contribution < -0.4 is 10.5 Å². The van der Waals surface area contributed by atoms with E-state index in [0.717, 1.165) is 16.6 Å². The summed E-state index contributed by atoms with van der Waals surface area (Å²) in [5.74, 6) is -0.290. The maximum absolute atomic E-state index is 13.1. The summed E-state index contributed by atoms with van der Waals surface area (Å²) in [5, 5.41) is 0.965. The van der Waals surface area contributed by atoms with Crippen molar-refractivity contribution in [2.45, 2.75) is 6.92 Å². The maximum atomic E-state index is 13.1. The average molecular weight is 282 g/mol. The van der Waals surface area contributed by atoms with Crippen molar-refractivity contribution in [3.63, 3.8) is 0 Å². The third-order valence-electron chi connectivity index (χ3n) is 3.48. The fraction of sp³-hybridized carbons (Fsp3) is 0.118. The summed E-state index contributed by atoms with van der Waals surface area (Å²) in [6.45, 7) is 2.57. The molecule has 1 heterocycles. The molecule has 0 aliphatic carbocycles. The monoisotopic (exact) mass is 282 g/mol. The molecule has 0 aliphatic heterocycles. The number of hydrogen-bond donors (Lipinski definition) is 1. The third kappa shape index (κ3) is 2.52. The fourth-order valence-electron chi connectivity index (χ4n) is 2.45. The van der Waals surface area contributed by atoms with E-state index in [4.69, 9.17) is 0 Å². The molecule has 0 saturated heterocycles. The Labute approximate surface area is 121 Å². The summed E-state index contributed by atoms with van der Waals surface area (Å²) in [6, 6.07) is 15.6.